The second-order valence-electron chi connectivity index (χ2n) is 2.83. The number of nitroso groups, excluding NO2 is 1. The topological polar surface area (TPSA) is 56.5 Å². The molecule has 1 aliphatic rings. The highest BCUT2D eigenvalue weighted by Crippen LogP contribution is 2.24. The molecule has 1 aliphatic heterocycles. The van der Waals surface area contributed by atoms with E-state index >= 15 is 0 Å². The van der Waals surface area contributed by atoms with E-state index in [1.54, 1.807) is 0 Å². The van der Waals surface area contributed by atoms with Gasteiger partial charge in [-0.1, -0.05) is 6.92 Å². The molecule has 1 rings (SSSR count). The summed E-state index contributed by atoms with van der Waals surface area (Å²) < 4.78 is 0. The summed E-state index contributed by atoms with van der Waals surface area (Å²) in [5.41, 5.74) is 0. The van der Waals surface area contributed by atoms with Crippen molar-refractivity contribution >= 4 is 0 Å². The van der Waals surface area contributed by atoms with Crippen LogP contribution in [-0.4, -0.2) is 17.6 Å². The normalized spacial score (nSPS) is 30.0. The lowest BCUT2D eigenvalue weighted by molar-refractivity contribution is 0.255. The van der Waals surface area contributed by atoms with E-state index < -0.39 is 0 Å². The fourth-order valence-corrected chi connectivity index (χ4v) is 1.47. The molecule has 0 spiro atoms. The molecule has 0 saturated carbocycles. The number of nitrogens with zero attached hydrogens (tertiary/aromatic N) is 3. The molecule has 0 aromatic heterocycles. The predicted molar refractivity (Wildman–Crippen MR) is 40.3 cm³/mol. The van der Waals surface area contributed by atoms with Crippen molar-refractivity contribution in [3.63, 3.8) is 0 Å². The molecule has 4 heteroatoms. The molecule has 0 radical (unpaired) electrons. The van der Waals surface area contributed by atoms with Crippen molar-refractivity contribution in [2.24, 2.45) is 11.2 Å². The molecule has 4 nitrogen and oxygen atoms in total. The Labute approximate surface area is 65.7 Å². The maximum absolute atomic E-state index is 10.2. The highest BCUT2D eigenvalue weighted by molar-refractivity contribution is 4.94. The van der Waals surface area contributed by atoms with E-state index in [-0.39, 0.29) is 12.0 Å². The van der Waals surface area contributed by atoms with E-state index in [1.807, 2.05) is 6.92 Å². The molecular weight excluding hydrogens is 142 g/mol. The molecule has 2 atom stereocenters. The van der Waals surface area contributed by atoms with Gasteiger partial charge in [-0.05, 0) is 12.8 Å². The van der Waals surface area contributed by atoms with Gasteiger partial charge in [-0.2, -0.15) is 5.26 Å². The van der Waals surface area contributed by atoms with Crippen LogP contribution in [0.25, 0.3) is 0 Å². The third-order valence-corrected chi connectivity index (χ3v) is 2.14. The Bertz CT molecular complexity index is 187. The van der Waals surface area contributed by atoms with E-state index in [0.717, 1.165) is 12.8 Å². The molecule has 0 aromatic carbocycles. The van der Waals surface area contributed by atoms with Crippen molar-refractivity contribution in [2.45, 2.75) is 25.8 Å². The van der Waals surface area contributed by atoms with Gasteiger partial charge in [0.05, 0.1) is 29.9 Å². The summed E-state index contributed by atoms with van der Waals surface area (Å²) in [6.07, 6.45) is 1.68. The van der Waals surface area contributed by atoms with E-state index in [2.05, 4.69) is 11.4 Å². The number of hydrogen-bond acceptors (Lipinski definition) is 3. The molecule has 0 bridgehead atoms. The summed E-state index contributed by atoms with van der Waals surface area (Å²) >= 11 is 0. The molecule has 11 heavy (non-hydrogen) atoms. The van der Waals surface area contributed by atoms with Gasteiger partial charge in [-0.25, -0.2) is 0 Å². The first-order valence-corrected chi connectivity index (χ1v) is 3.81. The van der Waals surface area contributed by atoms with Gasteiger partial charge >= 0.3 is 0 Å². The molecule has 0 aliphatic carbocycles. The molecule has 60 valence electrons. The second-order valence-corrected chi connectivity index (χ2v) is 2.83. The van der Waals surface area contributed by atoms with Crippen molar-refractivity contribution in [2.75, 3.05) is 6.54 Å². The van der Waals surface area contributed by atoms with Crippen LogP contribution in [0.1, 0.15) is 19.8 Å². The Morgan fingerprint density at radius 1 is 1.82 bits per heavy atom. The van der Waals surface area contributed by atoms with Crippen LogP contribution in [0.3, 0.4) is 0 Å². The molecule has 1 heterocycles. The van der Waals surface area contributed by atoms with Crippen LogP contribution in [0.5, 0.6) is 0 Å². The minimum atomic E-state index is -0.00218. The van der Waals surface area contributed by atoms with E-state index in [1.165, 1.54) is 5.01 Å². The van der Waals surface area contributed by atoms with Gasteiger partial charge in [0.15, 0.2) is 0 Å². The molecule has 0 aromatic rings. The largest absolute Gasteiger partial charge is 0.256 e. The fourth-order valence-electron chi connectivity index (χ4n) is 1.47. The van der Waals surface area contributed by atoms with E-state index in [9.17, 15) is 4.91 Å². The Morgan fingerprint density at radius 3 is 2.91 bits per heavy atom. The van der Waals surface area contributed by atoms with Crippen molar-refractivity contribution in [3.05, 3.63) is 4.91 Å². The van der Waals surface area contributed by atoms with Gasteiger partial charge in [0.2, 0.25) is 0 Å². The number of hydrogen-bond donors (Lipinski definition) is 0. The van der Waals surface area contributed by atoms with E-state index in [4.69, 9.17) is 5.26 Å². The average molecular weight is 153 g/mol. The Kier molecular flexibility index (Phi) is 2.42. The minimum Gasteiger partial charge on any atom is -0.256 e. The zero-order chi connectivity index (χ0) is 8.27. The standard InChI is InChI=1S/C7H11N3O/c1-2-7-3-6(4-8)5-10(7)9-11/h6-7H,2-3,5H2,1H3. The van der Waals surface area contributed by atoms with E-state index in [0.29, 0.717) is 6.54 Å². The maximum Gasteiger partial charge on any atom is 0.0676 e. The van der Waals surface area contributed by atoms with Gasteiger partial charge in [0.25, 0.3) is 0 Å². The summed E-state index contributed by atoms with van der Waals surface area (Å²) in [6.45, 7) is 2.51. The summed E-state index contributed by atoms with van der Waals surface area (Å²) in [4.78, 5) is 10.2. The van der Waals surface area contributed by atoms with Gasteiger partial charge < -0.3 is 0 Å². The zero-order valence-corrected chi connectivity index (χ0v) is 6.53. The van der Waals surface area contributed by atoms with Gasteiger partial charge in [-0.15, -0.1) is 4.91 Å². The second kappa shape index (κ2) is 3.33. The number of nitriles is 1. The third-order valence-electron chi connectivity index (χ3n) is 2.14. The SMILES string of the molecule is CCC1CC(C#N)CN1N=O. The maximum atomic E-state index is 10.2. The summed E-state index contributed by atoms with van der Waals surface area (Å²) in [7, 11) is 0. The average Bonchev–Trinajstić information content (AvgIpc) is 2.46. The first kappa shape index (κ1) is 7.99. The zero-order valence-electron chi connectivity index (χ0n) is 6.53. The Morgan fingerprint density at radius 2 is 2.55 bits per heavy atom. The number of rotatable bonds is 2. The molecule has 1 fully saturated rings. The summed E-state index contributed by atoms with van der Waals surface area (Å²) in [5.74, 6) is -0.00218. The van der Waals surface area contributed by atoms with Crippen LogP contribution < -0.4 is 0 Å². The predicted octanol–water partition coefficient (Wildman–Crippen LogP) is 1.29. The monoisotopic (exact) mass is 153 g/mol. The lowest BCUT2D eigenvalue weighted by atomic mass is 10.1. The minimum absolute atomic E-state index is 0.00218. The summed E-state index contributed by atoms with van der Waals surface area (Å²) in [5, 5.41) is 12.9. The van der Waals surface area contributed by atoms with Crippen LogP contribution >= 0.6 is 0 Å². The van der Waals surface area contributed by atoms with Gasteiger partial charge in [-0.3, -0.25) is 5.01 Å². The van der Waals surface area contributed by atoms with Gasteiger partial charge in [0, 0.05) is 0 Å². The lowest BCUT2D eigenvalue weighted by Gasteiger charge is -2.14. The Hall–Kier alpha value is -1.11. The fraction of sp³-hybridized carbons (Fsp3) is 0.857. The Balaban J connectivity index is 2.55. The van der Waals surface area contributed by atoms with Crippen LogP contribution in [0, 0.1) is 22.2 Å². The smallest absolute Gasteiger partial charge is 0.0676 e. The van der Waals surface area contributed by atoms with Crippen LogP contribution in [-0.2, 0) is 0 Å². The van der Waals surface area contributed by atoms with Crippen molar-refractivity contribution in [1.82, 2.24) is 5.01 Å². The molecule has 0 N–H and O–H groups in total. The highest BCUT2D eigenvalue weighted by Gasteiger charge is 2.30. The molecular formula is C7H11N3O. The van der Waals surface area contributed by atoms with Crippen LogP contribution in [0.15, 0.2) is 5.29 Å². The molecule has 0 amide bonds. The van der Waals surface area contributed by atoms with Crippen LogP contribution in [0.4, 0.5) is 0 Å². The third kappa shape index (κ3) is 1.48. The van der Waals surface area contributed by atoms with Crippen molar-refractivity contribution in [3.8, 4) is 6.07 Å². The first-order valence-electron chi connectivity index (χ1n) is 3.81. The molecule has 2 unspecified atom stereocenters. The van der Waals surface area contributed by atoms with Crippen molar-refractivity contribution in [1.29, 1.82) is 5.26 Å². The lowest BCUT2D eigenvalue weighted by Crippen LogP contribution is -2.22. The van der Waals surface area contributed by atoms with Gasteiger partial charge in [0.1, 0.15) is 0 Å². The highest BCUT2D eigenvalue weighted by atomic mass is 16.3. The first-order chi connectivity index (χ1) is 5.31. The quantitative estimate of drug-likeness (QED) is 0.562. The van der Waals surface area contributed by atoms with Crippen molar-refractivity contribution < 1.29 is 0 Å². The molecule has 1 saturated heterocycles. The van der Waals surface area contributed by atoms with Crippen LogP contribution in [0.2, 0.25) is 0 Å². The summed E-state index contributed by atoms with van der Waals surface area (Å²) in [6, 6.07) is 2.34.